The maximum atomic E-state index is 11.9. The van der Waals surface area contributed by atoms with Gasteiger partial charge in [0.05, 0.1) is 13.2 Å². The summed E-state index contributed by atoms with van der Waals surface area (Å²) in [7, 11) is 1.29. The summed E-state index contributed by atoms with van der Waals surface area (Å²) in [5, 5.41) is 2.73. The number of halogens is 1. The second-order valence-corrected chi connectivity index (χ2v) is 5.12. The first kappa shape index (κ1) is 20.2. The minimum absolute atomic E-state index is 0. The molecule has 1 rings (SSSR count). The van der Waals surface area contributed by atoms with Crippen LogP contribution in [0.3, 0.4) is 0 Å². The molecule has 0 unspecified atom stereocenters. The highest BCUT2D eigenvalue weighted by atomic mass is 35.5. The quantitative estimate of drug-likeness (QED) is 0.746. The summed E-state index contributed by atoms with van der Waals surface area (Å²) in [6.45, 7) is 3.84. The first-order valence-corrected chi connectivity index (χ1v) is 6.78. The van der Waals surface area contributed by atoms with Crippen LogP contribution in [-0.2, 0) is 14.3 Å². The van der Waals surface area contributed by atoms with Crippen LogP contribution in [0, 0.1) is 5.92 Å². The average molecular weight is 331 g/mol. The number of carbonyl (C=O) groups is 2. The zero-order valence-electron chi connectivity index (χ0n) is 13.0. The Balaban J connectivity index is 0.00000441. The Labute approximate surface area is 136 Å². The van der Waals surface area contributed by atoms with Crippen molar-refractivity contribution in [2.24, 2.45) is 11.7 Å². The van der Waals surface area contributed by atoms with Crippen molar-refractivity contribution in [2.75, 3.05) is 19.0 Å². The minimum Gasteiger partial charge on any atom is -0.482 e. The van der Waals surface area contributed by atoms with Crippen molar-refractivity contribution in [1.29, 1.82) is 0 Å². The minimum atomic E-state index is -0.551. The highest BCUT2D eigenvalue weighted by Crippen LogP contribution is 2.18. The second-order valence-electron chi connectivity index (χ2n) is 5.12. The predicted molar refractivity (Wildman–Crippen MR) is 87.3 cm³/mol. The number of nitrogens with one attached hydrogen (secondary N) is 1. The summed E-state index contributed by atoms with van der Waals surface area (Å²) in [5.74, 6) is 0.105. The molecule has 0 spiro atoms. The van der Waals surface area contributed by atoms with E-state index in [0.717, 1.165) is 0 Å². The van der Waals surface area contributed by atoms with Gasteiger partial charge in [-0.1, -0.05) is 19.9 Å². The zero-order valence-corrected chi connectivity index (χ0v) is 13.8. The third-order valence-electron chi connectivity index (χ3n) is 2.75. The molecule has 1 atom stereocenters. The monoisotopic (exact) mass is 330 g/mol. The molecule has 0 aromatic heterocycles. The molecule has 1 aromatic rings. The van der Waals surface area contributed by atoms with Crippen molar-refractivity contribution in [3.05, 3.63) is 24.3 Å². The van der Waals surface area contributed by atoms with Gasteiger partial charge in [-0.15, -0.1) is 12.4 Å². The number of anilines is 1. The summed E-state index contributed by atoms with van der Waals surface area (Å²) in [6.07, 6.45) is 0.615. The molecule has 124 valence electrons. The highest BCUT2D eigenvalue weighted by Gasteiger charge is 2.15. The molecule has 0 aliphatic heterocycles. The van der Waals surface area contributed by atoms with E-state index >= 15 is 0 Å². The number of hydrogen-bond acceptors (Lipinski definition) is 5. The summed E-state index contributed by atoms with van der Waals surface area (Å²) in [6, 6.07) is 6.21. The molecule has 0 fully saturated rings. The fourth-order valence-corrected chi connectivity index (χ4v) is 1.71. The van der Waals surface area contributed by atoms with Crippen LogP contribution in [0.1, 0.15) is 20.3 Å². The normalized spacial score (nSPS) is 11.3. The van der Waals surface area contributed by atoms with Gasteiger partial charge in [-0.3, -0.25) is 4.79 Å². The summed E-state index contributed by atoms with van der Waals surface area (Å²) < 4.78 is 9.73. The lowest BCUT2D eigenvalue weighted by atomic mass is 10.0. The van der Waals surface area contributed by atoms with Gasteiger partial charge >= 0.3 is 5.97 Å². The van der Waals surface area contributed by atoms with Gasteiger partial charge in [0.2, 0.25) is 5.91 Å². The van der Waals surface area contributed by atoms with E-state index in [1.165, 1.54) is 7.11 Å². The van der Waals surface area contributed by atoms with Gasteiger partial charge in [0, 0.05) is 11.8 Å². The first-order chi connectivity index (χ1) is 9.92. The van der Waals surface area contributed by atoms with Gasteiger partial charge in [-0.2, -0.15) is 0 Å². The summed E-state index contributed by atoms with van der Waals surface area (Å²) in [4.78, 5) is 22.9. The number of ether oxygens (including phenoxy) is 2. The summed E-state index contributed by atoms with van der Waals surface area (Å²) in [5.41, 5.74) is 6.39. The molecule has 0 aliphatic rings. The molecule has 6 nitrogen and oxygen atoms in total. The Bertz CT molecular complexity index is 494. The number of carbonyl (C=O) groups excluding carboxylic acids is 2. The van der Waals surface area contributed by atoms with Crippen molar-refractivity contribution >= 4 is 30.0 Å². The largest absolute Gasteiger partial charge is 0.482 e. The van der Waals surface area contributed by atoms with Crippen molar-refractivity contribution in [1.82, 2.24) is 0 Å². The molecule has 7 heteroatoms. The molecule has 0 radical (unpaired) electrons. The second kappa shape index (κ2) is 10.0. The maximum Gasteiger partial charge on any atom is 0.343 e. The van der Waals surface area contributed by atoms with E-state index in [1.807, 2.05) is 13.8 Å². The Hall–Kier alpha value is -1.79. The average Bonchev–Trinajstić information content (AvgIpc) is 2.44. The molecule has 1 aromatic carbocycles. The Morgan fingerprint density at radius 3 is 2.59 bits per heavy atom. The number of amides is 1. The number of esters is 1. The topological polar surface area (TPSA) is 90.6 Å². The molecule has 0 saturated heterocycles. The lowest BCUT2D eigenvalue weighted by molar-refractivity contribution is -0.142. The van der Waals surface area contributed by atoms with Gasteiger partial charge < -0.3 is 20.5 Å². The molecule has 3 N–H and O–H groups in total. The number of nitrogens with two attached hydrogens (primary N) is 1. The number of methoxy groups -OCH3 is 1. The molecular formula is C15H23ClN2O4. The fraction of sp³-hybridized carbons (Fsp3) is 0.467. The standard InChI is InChI=1S/C15H22N2O4.ClH/c1-10(2)7-13(16)15(19)17-11-5-4-6-12(8-11)21-9-14(18)20-3;/h4-6,8,10,13H,7,9,16H2,1-3H3,(H,17,19);1H/t13-;/m0./s1. The molecule has 0 bridgehead atoms. The van der Waals surface area contributed by atoms with Gasteiger partial charge in [0.25, 0.3) is 0 Å². The van der Waals surface area contributed by atoms with E-state index in [-0.39, 0.29) is 24.9 Å². The molecular weight excluding hydrogens is 308 g/mol. The summed E-state index contributed by atoms with van der Waals surface area (Å²) >= 11 is 0. The lowest BCUT2D eigenvalue weighted by Crippen LogP contribution is -2.36. The smallest absolute Gasteiger partial charge is 0.343 e. The lowest BCUT2D eigenvalue weighted by Gasteiger charge is -2.14. The Kier molecular flexibility index (Phi) is 9.21. The third kappa shape index (κ3) is 7.28. The van der Waals surface area contributed by atoms with Crippen LogP contribution in [0.4, 0.5) is 5.69 Å². The molecule has 22 heavy (non-hydrogen) atoms. The first-order valence-electron chi connectivity index (χ1n) is 6.78. The van der Waals surface area contributed by atoms with Crippen molar-refractivity contribution in [2.45, 2.75) is 26.3 Å². The van der Waals surface area contributed by atoms with E-state index in [9.17, 15) is 9.59 Å². The van der Waals surface area contributed by atoms with Gasteiger partial charge in [0.15, 0.2) is 6.61 Å². The number of hydrogen-bond donors (Lipinski definition) is 2. The van der Waals surface area contributed by atoms with Crippen molar-refractivity contribution in [3.8, 4) is 5.75 Å². The van der Waals surface area contributed by atoms with Crippen LogP contribution in [0.2, 0.25) is 0 Å². The van der Waals surface area contributed by atoms with E-state index in [4.69, 9.17) is 10.5 Å². The van der Waals surface area contributed by atoms with Crippen LogP contribution in [0.5, 0.6) is 5.75 Å². The van der Waals surface area contributed by atoms with Crippen LogP contribution in [0.25, 0.3) is 0 Å². The third-order valence-corrected chi connectivity index (χ3v) is 2.75. The van der Waals surface area contributed by atoms with Crippen LogP contribution < -0.4 is 15.8 Å². The molecule has 0 saturated carbocycles. The van der Waals surface area contributed by atoms with Gasteiger partial charge in [0.1, 0.15) is 5.75 Å². The molecule has 0 heterocycles. The Morgan fingerprint density at radius 1 is 1.32 bits per heavy atom. The Morgan fingerprint density at radius 2 is 2.00 bits per heavy atom. The van der Waals surface area contributed by atoms with Gasteiger partial charge in [-0.05, 0) is 24.5 Å². The number of rotatable bonds is 7. The number of benzene rings is 1. The van der Waals surface area contributed by atoms with Crippen molar-refractivity contribution < 1.29 is 19.1 Å². The van der Waals surface area contributed by atoms with E-state index in [2.05, 4.69) is 10.1 Å². The van der Waals surface area contributed by atoms with Crippen LogP contribution >= 0.6 is 12.4 Å². The maximum absolute atomic E-state index is 11.9. The SMILES string of the molecule is COC(=O)COc1cccc(NC(=O)[C@@H](N)CC(C)C)c1.Cl. The van der Waals surface area contributed by atoms with E-state index in [1.54, 1.807) is 24.3 Å². The van der Waals surface area contributed by atoms with Gasteiger partial charge in [-0.25, -0.2) is 4.79 Å². The predicted octanol–water partition coefficient (Wildman–Crippen LogP) is 1.97. The van der Waals surface area contributed by atoms with E-state index < -0.39 is 12.0 Å². The van der Waals surface area contributed by atoms with Crippen LogP contribution in [0.15, 0.2) is 24.3 Å². The van der Waals surface area contributed by atoms with Crippen LogP contribution in [-0.4, -0.2) is 31.6 Å². The zero-order chi connectivity index (χ0) is 15.8. The van der Waals surface area contributed by atoms with E-state index in [0.29, 0.717) is 23.8 Å². The fourth-order valence-electron chi connectivity index (χ4n) is 1.71. The molecule has 0 aliphatic carbocycles. The highest BCUT2D eigenvalue weighted by molar-refractivity contribution is 5.94. The molecule has 1 amide bonds. The van der Waals surface area contributed by atoms with Crippen molar-refractivity contribution in [3.63, 3.8) is 0 Å².